The molecule has 0 spiro atoms. The van der Waals surface area contributed by atoms with E-state index in [4.69, 9.17) is 4.42 Å². The van der Waals surface area contributed by atoms with Gasteiger partial charge in [-0.25, -0.2) is 15.0 Å². The zero-order chi connectivity index (χ0) is 13.9. The van der Waals surface area contributed by atoms with Gasteiger partial charge >= 0.3 is 0 Å². The first-order chi connectivity index (χ1) is 9.81. The van der Waals surface area contributed by atoms with Gasteiger partial charge in [-0.2, -0.15) is 0 Å². The predicted molar refractivity (Wildman–Crippen MR) is 75.2 cm³/mol. The molecule has 0 aliphatic heterocycles. The standard InChI is InChI=1S/C15H15N3O2/c1-2-10(8-19)15-16-6-5-12(18-15)11-3-4-13-14(7-11)20-9-17-13/h3-7,9-10,19H,2,8H2,1H3. The highest BCUT2D eigenvalue weighted by Crippen LogP contribution is 2.24. The normalized spacial score (nSPS) is 12.7. The molecular formula is C15H15N3O2. The Hall–Kier alpha value is -2.27. The van der Waals surface area contributed by atoms with Gasteiger partial charge in [-0.15, -0.1) is 0 Å². The molecule has 0 saturated carbocycles. The quantitative estimate of drug-likeness (QED) is 0.788. The summed E-state index contributed by atoms with van der Waals surface area (Å²) in [5, 5.41) is 9.35. The van der Waals surface area contributed by atoms with E-state index in [1.807, 2.05) is 31.2 Å². The minimum absolute atomic E-state index is 0.0241. The van der Waals surface area contributed by atoms with E-state index in [1.165, 1.54) is 6.39 Å². The highest BCUT2D eigenvalue weighted by atomic mass is 16.3. The Morgan fingerprint density at radius 2 is 2.15 bits per heavy atom. The summed E-state index contributed by atoms with van der Waals surface area (Å²) in [6.45, 7) is 2.07. The fourth-order valence-electron chi connectivity index (χ4n) is 2.14. The maximum atomic E-state index is 9.35. The topological polar surface area (TPSA) is 72.0 Å². The molecule has 0 saturated heterocycles. The number of aromatic nitrogens is 3. The van der Waals surface area contributed by atoms with Crippen molar-refractivity contribution >= 4 is 11.1 Å². The van der Waals surface area contributed by atoms with E-state index in [1.54, 1.807) is 6.20 Å². The summed E-state index contributed by atoms with van der Waals surface area (Å²) in [6.07, 6.45) is 3.96. The van der Waals surface area contributed by atoms with E-state index in [-0.39, 0.29) is 12.5 Å². The van der Waals surface area contributed by atoms with Crippen LogP contribution in [0.2, 0.25) is 0 Å². The van der Waals surface area contributed by atoms with E-state index in [0.717, 1.165) is 28.8 Å². The van der Waals surface area contributed by atoms with Gasteiger partial charge in [0, 0.05) is 17.7 Å². The number of fused-ring (bicyclic) bond motifs is 1. The van der Waals surface area contributed by atoms with Crippen LogP contribution in [0.5, 0.6) is 0 Å². The molecule has 1 atom stereocenters. The fraction of sp³-hybridized carbons (Fsp3) is 0.267. The Bertz CT molecular complexity index is 720. The summed E-state index contributed by atoms with van der Waals surface area (Å²) in [4.78, 5) is 12.9. The van der Waals surface area contributed by atoms with Gasteiger partial charge < -0.3 is 9.52 Å². The van der Waals surface area contributed by atoms with Gasteiger partial charge in [-0.05, 0) is 24.6 Å². The average Bonchev–Trinajstić information content (AvgIpc) is 2.96. The Labute approximate surface area is 116 Å². The molecule has 5 heteroatoms. The van der Waals surface area contributed by atoms with Gasteiger partial charge in [0.15, 0.2) is 12.0 Å². The van der Waals surface area contributed by atoms with Crippen molar-refractivity contribution in [3.63, 3.8) is 0 Å². The smallest absolute Gasteiger partial charge is 0.181 e. The fourth-order valence-corrected chi connectivity index (χ4v) is 2.14. The second kappa shape index (κ2) is 5.38. The summed E-state index contributed by atoms with van der Waals surface area (Å²) >= 11 is 0. The first-order valence-electron chi connectivity index (χ1n) is 6.59. The molecule has 3 aromatic rings. The maximum absolute atomic E-state index is 9.35. The van der Waals surface area contributed by atoms with Crippen LogP contribution in [0.15, 0.2) is 41.3 Å². The monoisotopic (exact) mass is 269 g/mol. The molecule has 0 bridgehead atoms. The van der Waals surface area contributed by atoms with Gasteiger partial charge in [-0.1, -0.05) is 13.0 Å². The third kappa shape index (κ3) is 2.28. The lowest BCUT2D eigenvalue weighted by Crippen LogP contribution is -2.08. The zero-order valence-corrected chi connectivity index (χ0v) is 11.2. The molecule has 5 nitrogen and oxygen atoms in total. The Kier molecular flexibility index (Phi) is 3.43. The number of rotatable bonds is 4. The molecule has 2 heterocycles. The molecule has 20 heavy (non-hydrogen) atoms. The molecule has 0 aliphatic rings. The van der Waals surface area contributed by atoms with Gasteiger partial charge in [-0.3, -0.25) is 0 Å². The molecule has 102 valence electrons. The van der Waals surface area contributed by atoms with Gasteiger partial charge in [0.2, 0.25) is 0 Å². The number of aliphatic hydroxyl groups is 1. The van der Waals surface area contributed by atoms with Gasteiger partial charge in [0.1, 0.15) is 11.3 Å². The second-order valence-corrected chi connectivity index (χ2v) is 4.62. The van der Waals surface area contributed by atoms with Crippen LogP contribution in [0.1, 0.15) is 25.1 Å². The minimum atomic E-state index is -0.0241. The highest BCUT2D eigenvalue weighted by molar-refractivity contribution is 5.78. The Morgan fingerprint density at radius 1 is 1.25 bits per heavy atom. The SMILES string of the molecule is CCC(CO)c1nccc(-c2ccc3ncoc3c2)n1. The summed E-state index contributed by atoms with van der Waals surface area (Å²) in [5.41, 5.74) is 3.33. The lowest BCUT2D eigenvalue weighted by Gasteiger charge is -2.10. The van der Waals surface area contributed by atoms with Crippen molar-refractivity contribution in [1.29, 1.82) is 0 Å². The minimum Gasteiger partial charge on any atom is -0.443 e. The molecule has 1 unspecified atom stereocenters. The first-order valence-corrected chi connectivity index (χ1v) is 6.59. The van der Waals surface area contributed by atoms with Crippen LogP contribution in [0, 0.1) is 0 Å². The van der Waals surface area contributed by atoms with E-state index in [9.17, 15) is 5.11 Å². The largest absolute Gasteiger partial charge is 0.443 e. The summed E-state index contributed by atoms with van der Waals surface area (Å²) in [5.74, 6) is 0.647. The molecule has 0 fully saturated rings. The molecule has 0 aliphatic carbocycles. The second-order valence-electron chi connectivity index (χ2n) is 4.62. The number of oxazole rings is 1. The summed E-state index contributed by atoms with van der Waals surface area (Å²) in [7, 11) is 0. The van der Waals surface area contributed by atoms with Crippen molar-refractivity contribution in [3.8, 4) is 11.3 Å². The number of hydrogen-bond acceptors (Lipinski definition) is 5. The molecule has 3 rings (SSSR count). The zero-order valence-electron chi connectivity index (χ0n) is 11.2. The molecular weight excluding hydrogens is 254 g/mol. The maximum Gasteiger partial charge on any atom is 0.181 e. The third-order valence-corrected chi connectivity index (χ3v) is 3.38. The van der Waals surface area contributed by atoms with Crippen LogP contribution in [-0.2, 0) is 0 Å². The lowest BCUT2D eigenvalue weighted by molar-refractivity contribution is 0.257. The highest BCUT2D eigenvalue weighted by Gasteiger charge is 2.12. The molecule has 2 aromatic heterocycles. The van der Waals surface area contributed by atoms with Crippen LogP contribution >= 0.6 is 0 Å². The predicted octanol–water partition coefficient (Wildman–Crippen LogP) is 2.77. The summed E-state index contributed by atoms with van der Waals surface area (Å²) < 4.78 is 5.31. The number of benzene rings is 1. The number of aliphatic hydroxyl groups excluding tert-OH is 1. The van der Waals surface area contributed by atoms with Crippen molar-refractivity contribution < 1.29 is 9.52 Å². The van der Waals surface area contributed by atoms with Crippen molar-refractivity contribution in [1.82, 2.24) is 15.0 Å². The summed E-state index contributed by atoms with van der Waals surface area (Å²) in [6, 6.07) is 7.62. The Balaban J connectivity index is 2.02. The molecule has 0 amide bonds. The van der Waals surface area contributed by atoms with Crippen molar-refractivity contribution in [3.05, 3.63) is 42.7 Å². The van der Waals surface area contributed by atoms with Crippen molar-refractivity contribution in [2.75, 3.05) is 6.61 Å². The number of nitrogens with zero attached hydrogens (tertiary/aromatic N) is 3. The van der Waals surface area contributed by atoms with Gasteiger partial charge in [0.25, 0.3) is 0 Å². The van der Waals surface area contributed by atoms with E-state index in [2.05, 4.69) is 15.0 Å². The van der Waals surface area contributed by atoms with Crippen molar-refractivity contribution in [2.24, 2.45) is 0 Å². The van der Waals surface area contributed by atoms with Crippen LogP contribution < -0.4 is 0 Å². The van der Waals surface area contributed by atoms with E-state index < -0.39 is 0 Å². The number of hydrogen-bond donors (Lipinski definition) is 1. The van der Waals surface area contributed by atoms with Gasteiger partial charge in [0.05, 0.1) is 12.3 Å². The molecule has 1 N–H and O–H groups in total. The van der Waals surface area contributed by atoms with Crippen LogP contribution in [0.3, 0.4) is 0 Å². The van der Waals surface area contributed by atoms with Crippen LogP contribution in [-0.4, -0.2) is 26.7 Å². The molecule has 1 aromatic carbocycles. The molecule has 0 radical (unpaired) electrons. The van der Waals surface area contributed by atoms with Crippen LogP contribution in [0.25, 0.3) is 22.4 Å². The average molecular weight is 269 g/mol. The first kappa shape index (κ1) is 12.7. The van der Waals surface area contributed by atoms with Crippen LogP contribution in [0.4, 0.5) is 0 Å². The lowest BCUT2D eigenvalue weighted by atomic mass is 10.1. The van der Waals surface area contributed by atoms with E-state index in [0.29, 0.717) is 5.82 Å². The van der Waals surface area contributed by atoms with E-state index >= 15 is 0 Å². The Morgan fingerprint density at radius 3 is 2.95 bits per heavy atom. The third-order valence-electron chi connectivity index (χ3n) is 3.38. The van der Waals surface area contributed by atoms with Crippen molar-refractivity contribution in [2.45, 2.75) is 19.3 Å².